The van der Waals surface area contributed by atoms with Crippen molar-refractivity contribution < 1.29 is 9.90 Å². The Morgan fingerprint density at radius 1 is 1.59 bits per heavy atom. The van der Waals surface area contributed by atoms with E-state index in [0.29, 0.717) is 10.8 Å². The van der Waals surface area contributed by atoms with E-state index in [2.05, 4.69) is 5.32 Å². The van der Waals surface area contributed by atoms with Gasteiger partial charge in [-0.25, -0.2) is 4.79 Å². The molecular weight excluding hydrogens is 234 g/mol. The van der Waals surface area contributed by atoms with Gasteiger partial charge in [-0.05, 0) is 49.3 Å². The molecule has 0 spiro atoms. The van der Waals surface area contributed by atoms with Gasteiger partial charge in [-0.1, -0.05) is 0 Å². The summed E-state index contributed by atoms with van der Waals surface area (Å²) in [6.07, 6.45) is 2.60. The number of benzene rings is 1. The standard InChI is InChI=1S/C13H17NO2S/c1-9-7-10(4-5-12(9)13(15)16)14-8-11-3-2-6-17-11/h4-5,7,11,14H,2-3,6,8H2,1H3,(H,15,16). The zero-order valence-corrected chi connectivity index (χ0v) is 10.7. The lowest BCUT2D eigenvalue weighted by molar-refractivity contribution is 0.0696. The lowest BCUT2D eigenvalue weighted by atomic mass is 10.1. The Balaban J connectivity index is 1.97. The number of hydrogen-bond acceptors (Lipinski definition) is 3. The second-order valence-electron chi connectivity index (χ2n) is 4.35. The molecule has 1 aromatic rings. The molecule has 2 N–H and O–H groups in total. The molecule has 1 heterocycles. The van der Waals surface area contributed by atoms with Gasteiger partial charge in [-0.2, -0.15) is 11.8 Å². The van der Waals surface area contributed by atoms with Crippen LogP contribution in [0.2, 0.25) is 0 Å². The van der Waals surface area contributed by atoms with Crippen LogP contribution in [0.3, 0.4) is 0 Å². The van der Waals surface area contributed by atoms with Gasteiger partial charge in [0, 0.05) is 17.5 Å². The Morgan fingerprint density at radius 3 is 3.00 bits per heavy atom. The molecule has 4 heteroatoms. The van der Waals surface area contributed by atoms with Gasteiger partial charge >= 0.3 is 5.97 Å². The van der Waals surface area contributed by atoms with Gasteiger partial charge in [0.05, 0.1) is 5.56 Å². The highest BCUT2D eigenvalue weighted by atomic mass is 32.2. The van der Waals surface area contributed by atoms with Crippen LogP contribution in [0.5, 0.6) is 0 Å². The van der Waals surface area contributed by atoms with Gasteiger partial charge in [0.2, 0.25) is 0 Å². The largest absolute Gasteiger partial charge is 0.478 e. The molecule has 92 valence electrons. The molecular formula is C13H17NO2S. The number of carboxylic acid groups (broad SMARTS) is 1. The maximum Gasteiger partial charge on any atom is 0.335 e. The minimum atomic E-state index is -0.861. The van der Waals surface area contributed by atoms with E-state index in [-0.39, 0.29) is 0 Å². The predicted octanol–water partition coefficient (Wildman–Crippen LogP) is 3.00. The molecule has 2 rings (SSSR count). The van der Waals surface area contributed by atoms with Gasteiger partial charge in [-0.3, -0.25) is 0 Å². The van der Waals surface area contributed by atoms with Gasteiger partial charge in [0.1, 0.15) is 0 Å². The van der Waals surface area contributed by atoms with Gasteiger partial charge in [0.25, 0.3) is 0 Å². The number of nitrogens with one attached hydrogen (secondary N) is 1. The summed E-state index contributed by atoms with van der Waals surface area (Å²) >= 11 is 2.02. The third kappa shape index (κ3) is 3.16. The van der Waals surface area contributed by atoms with Crippen LogP contribution in [-0.4, -0.2) is 28.6 Å². The van der Waals surface area contributed by atoms with Crippen molar-refractivity contribution in [3.8, 4) is 0 Å². The maximum absolute atomic E-state index is 10.9. The molecule has 0 amide bonds. The first-order chi connectivity index (χ1) is 8.16. The molecule has 17 heavy (non-hydrogen) atoms. The fourth-order valence-electron chi connectivity index (χ4n) is 2.05. The summed E-state index contributed by atoms with van der Waals surface area (Å²) in [7, 11) is 0. The first kappa shape index (κ1) is 12.3. The monoisotopic (exact) mass is 251 g/mol. The summed E-state index contributed by atoms with van der Waals surface area (Å²) in [5.74, 6) is 0.406. The van der Waals surface area contributed by atoms with Crippen LogP contribution in [0, 0.1) is 6.92 Å². The predicted molar refractivity (Wildman–Crippen MR) is 72.1 cm³/mol. The number of aryl methyl sites for hydroxylation is 1. The summed E-state index contributed by atoms with van der Waals surface area (Å²) < 4.78 is 0. The Kier molecular flexibility index (Phi) is 3.94. The van der Waals surface area contributed by atoms with Crippen molar-refractivity contribution in [3.05, 3.63) is 29.3 Å². The van der Waals surface area contributed by atoms with E-state index in [1.54, 1.807) is 6.07 Å². The Bertz CT molecular complexity index is 414. The molecule has 1 aliphatic heterocycles. The number of hydrogen-bond donors (Lipinski definition) is 2. The molecule has 1 aromatic carbocycles. The fraction of sp³-hybridized carbons (Fsp3) is 0.462. The van der Waals surface area contributed by atoms with Gasteiger partial charge < -0.3 is 10.4 Å². The Hall–Kier alpha value is -1.16. The van der Waals surface area contributed by atoms with Crippen molar-refractivity contribution >= 4 is 23.4 Å². The van der Waals surface area contributed by atoms with Crippen molar-refractivity contribution in [2.75, 3.05) is 17.6 Å². The molecule has 1 aliphatic rings. The first-order valence-electron chi connectivity index (χ1n) is 5.86. The van der Waals surface area contributed by atoms with Crippen molar-refractivity contribution in [1.29, 1.82) is 0 Å². The van der Waals surface area contributed by atoms with Gasteiger partial charge in [-0.15, -0.1) is 0 Å². The van der Waals surface area contributed by atoms with E-state index in [1.807, 2.05) is 30.8 Å². The molecule has 0 saturated carbocycles. The average Bonchev–Trinajstić information content (AvgIpc) is 2.78. The highest BCUT2D eigenvalue weighted by Gasteiger charge is 2.15. The second-order valence-corrected chi connectivity index (χ2v) is 5.76. The third-order valence-electron chi connectivity index (χ3n) is 3.01. The number of carboxylic acids is 1. The Morgan fingerprint density at radius 2 is 2.41 bits per heavy atom. The van der Waals surface area contributed by atoms with Crippen LogP contribution in [0.15, 0.2) is 18.2 Å². The van der Waals surface area contributed by atoms with Crippen LogP contribution < -0.4 is 5.32 Å². The molecule has 1 unspecified atom stereocenters. The zero-order valence-electron chi connectivity index (χ0n) is 9.90. The highest BCUT2D eigenvalue weighted by Crippen LogP contribution is 2.26. The topological polar surface area (TPSA) is 49.3 Å². The lowest BCUT2D eigenvalue weighted by Crippen LogP contribution is -2.13. The summed E-state index contributed by atoms with van der Waals surface area (Å²) in [6, 6.07) is 5.42. The normalized spacial score (nSPS) is 19.2. The molecule has 1 saturated heterocycles. The van der Waals surface area contributed by atoms with E-state index < -0.39 is 5.97 Å². The molecule has 3 nitrogen and oxygen atoms in total. The number of aromatic carboxylic acids is 1. The minimum Gasteiger partial charge on any atom is -0.478 e. The first-order valence-corrected chi connectivity index (χ1v) is 6.91. The van der Waals surface area contributed by atoms with E-state index in [9.17, 15) is 4.79 Å². The average molecular weight is 251 g/mol. The van der Waals surface area contributed by atoms with Crippen LogP contribution in [-0.2, 0) is 0 Å². The zero-order chi connectivity index (χ0) is 12.3. The minimum absolute atomic E-state index is 0.380. The van der Waals surface area contributed by atoms with E-state index in [0.717, 1.165) is 17.8 Å². The fourth-order valence-corrected chi connectivity index (χ4v) is 3.25. The highest BCUT2D eigenvalue weighted by molar-refractivity contribution is 8.00. The quantitative estimate of drug-likeness (QED) is 0.863. The summed E-state index contributed by atoms with van der Waals surface area (Å²) in [5.41, 5.74) is 2.20. The summed E-state index contributed by atoms with van der Waals surface area (Å²) in [6.45, 7) is 2.80. The summed E-state index contributed by atoms with van der Waals surface area (Å²) in [5, 5.41) is 13.0. The molecule has 0 aliphatic carbocycles. The smallest absolute Gasteiger partial charge is 0.335 e. The molecule has 1 atom stereocenters. The van der Waals surface area contributed by atoms with E-state index >= 15 is 0 Å². The molecule has 1 fully saturated rings. The van der Waals surface area contributed by atoms with Crippen molar-refractivity contribution in [2.24, 2.45) is 0 Å². The number of carbonyl (C=O) groups is 1. The van der Waals surface area contributed by atoms with Crippen LogP contribution >= 0.6 is 11.8 Å². The SMILES string of the molecule is Cc1cc(NCC2CCCS2)ccc1C(=O)O. The molecule has 0 bridgehead atoms. The lowest BCUT2D eigenvalue weighted by Gasteiger charge is -2.12. The number of rotatable bonds is 4. The second kappa shape index (κ2) is 5.45. The number of thioether (sulfide) groups is 1. The van der Waals surface area contributed by atoms with Crippen molar-refractivity contribution in [1.82, 2.24) is 0 Å². The van der Waals surface area contributed by atoms with Gasteiger partial charge in [0.15, 0.2) is 0 Å². The molecule has 0 aromatic heterocycles. The third-order valence-corrected chi connectivity index (χ3v) is 4.41. The van der Waals surface area contributed by atoms with Crippen molar-refractivity contribution in [3.63, 3.8) is 0 Å². The van der Waals surface area contributed by atoms with E-state index in [4.69, 9.17) is 5.11 Å². The van der Waals surface area contributed by atoms with Crippen LogP contribution in [0.25, 0.3) is 0 Å². The van der Waals surface area contributed by atoms with Crippen molar-refractivity contribution in [2.45, 2.75) is 25.0 Å². The van der Waals surface area contributed by atoms with Crippen LogP contribution in [0.1, 0.15) is 28.8 Å². The number of anilines is 1. The molecule has 0 radical (unpaired) electrons. The maximum atomic E-state index is 10.9. The van der Waals surface area contributed by atoms with E-state index in [1.165, 1.54) is 18.6 Å². The van der Waals surface area contributed by atoms with Crippen LogP contribution in [0.4, 0.5) is 5.69 Å². The Labute approximate surface area is 106 Å². The summed E-state index contributed by atoms with van der Waals surface area (Å²) in [4.78, 5) is 10.9.